The van der Waals surface area contributed by atoms with Gasteiger partial charge in [-0.1, -0.05) is 50.1 Å². The molecule has 1 saturated carbocycles. The smallest absolute Gasteiger partial charge is 0.261 e. The normalized spacial score (nSPS) is 27.2. The Morgan fingerprint density at radius 2 is 2.02 bits per heavy atom. The summed E-state index contributed by atoms with van der Waals surface area (Å²) in [6.07, 6.45) is 9.94. The Kier molecular flexibility index (Phi) is 11.2. The third kappa shape index (κ3) is 7.65. The Balaban J connectivity index is 1.48. The Hall–Kier alpha value is -2.19. The lowest BCUT2D eigenvalue weighted by Crippen LogP contribution is -2.45. The van der Waals surface area contributed by atoms with Crippen molar-refractivity contribution in [3.8, 4) is 5.75 Å². The second-order valence-corrected chi connectivity index (χ2v) is 13.3. The van der Waals surface area contributed by atoms with E-state index in [0.29, 0.717) is 43.1 Å². The van der Waals surface area contributed by atoms with Crippen molar-refractivity contribution in [1.29, 1.82) is 0 Å². The van der Waals surface area contributed by atoms with Crippen LogP contribution in [0.5, 0.6) is 5.75 Å². The van der Waals surface area contributed by atoms with Crippen LogP contribution in [-0.4, -0.2) is 57.8 Å². The standard InChI is InChI=1S/C34H45ClN2O4S/c1-4-6-24-17-28(35)11-13-29(24)27-20-37-19-26-9-12-30(26)32(40-16-15-39-3)8-5-7-23(2)22-42-36-34(38)25-10-14-33(41-21-27)31(37)18-25/h5,8,10-11,13-14,17-18,23,26-27,30,32H,4,6-7,9,12,15-16,19-22H2,1-3H3,(H,36,38)/b8-5+/t23-,26?,27?,30?,32?/m0/s1. The fraction of sp³-hybridized carbons (Fsp3) is 0.559. The number of halogens is 1. The molecule has 3 aliphatic rings. The number of nitrogens with zero attached hydrogens (tertiary/aromatic N) is 1. The quantitative estimate of drug-likeness (QED) is 0.201. The van der Waals surface area contributed by atoms with Crippen LogP contribution in [0.2, 0.25) is 5.02 Å². The lowest BCUT2D eigenvalue weighted by Gasteiger charge is -2.44. The number of aryl methyl sites for hydroxylation is 1. The minimum Gasteiger partial charge on any atom is -0.491 e. The number of carbonyl (C=O) groups is 1. The minimum absolute atomic E-state index is 0.0607. The SMILES string of the molecule is CCCc1cc(Cl)ccc1C1COc2ccc3cc2N(C1)CC1CCC1C(OCCOC)/C=C/C[C@H](C)CSNC3=O. The maximum Gasteiger partial charge on any atom is 0.261 e. The number of nitrogens with one attached hydrogen (secondary N) is 1. The second kappa shape index (κ2) is 15.0. The molecule has 2 heterocycles. The summed E-state index contributed by atoms with van der Waals surface area (Å²) in [6, 6.07) is 12.2. The lowest BCUT2D eigenvalue weighted by molar-refractivity contribution is -0.0308. The summed E-state index contributed by atoms with van der Waals surface area (Å²) in [5, 5.41) is 0.776. The summed E-state index contributed by atoms with van der Waals surface area (Å²) < 4.78 is 21.3. The summed E-state index contributed by atoms with van der Waals surface area (Å²) in [6.45, 7) is 7.91. The molecule has 4 unspecified atom stereocenters. The summed E-state index contributed by atoms with van der Waals surface area (Å²) in [7, 11) is 1.72. The van der Waals surface area contributed by atoms with Crippen molar-refractivity contribution in [3.05, 3.63) is 70.3 Å². The van der Waals surface area contributed by atoms with Crippen LogP contribution in [0.15, 0.2) is 48.6 Å². The van der Waals surface area contributed by atoms with Gasteiger partial charge in [0.2, 0.25) is 0 Å². The van der Waals surface area contributed by atoms with Crippen LogP contribution in [0.4, 0.5) is 5.69 Å². The van der Waals surface area contributed by atoms with Gasteiger partial charge < -0.3 is 19.1 Å². The van der Waals surface area contributed by atoms with E-state index in [1.54, 1.807) is 7.11 Å². The van der Waals surface area contributed by atoms with Crippen LogP contribution < -0.4 is 14.4 Å². The number of ether oxygens (including phenoxy) is 3. The van der Waals surface area contributed by atoms with E-state index in [0.717, 1.165) is 67.4 Å². The highest BCUT2D eigenvalue weighted by Crippen LogP contribution is 2.43. The molecule has 42 heavy (non-hydrogen) atoms. The van der Waals surface area contributed by atoms with E-state index in [-0.39, 0.29) is 17.9 Å². The average molecular weight is 613 g/mol. The van der Waals surface area contributed by atoms with Crippen molar-refractivity contribution < 1.29 is 19.0 Å². The van der Waals surface area contributed by atoms with Crippen molar-refractivity contribution in [2.75, 3.05) is 50.7 Å². The first-order chi connectivity index (χ1) is 20.5. The van der Waals surface area contributed by atoms with Gasteiger partial charge in [0.05, 0.1) is 31.6 Å². The molecule has 2 aromatic carbocycles. The van der Waals surface area contributed by atoms with Gasteiger partial charge in [0.15, 0.2) is 0 Å². The molecule has 2 bridgehead atoms. The predicted octanol–water partition coefficient (Wildman–Crippen LogP) is 7.31. The second-order valence-electron chi connectivity index (χ2n) is 12.0. The number of anilines is 1. The number of rotatable bonds is 7. The third-order valence-electron chi connectivity index (χ3n) is 8.85. The Bertz CT molecular complexity index is 1240. The number of allylic oxidation sites excluding steroid dienone is 1. The molecule has 1 fully saturated rings. The van der Waals surface area contributed by atoms with E-state index in [1.807, 2.05) is 24.3 Å². The summed E-state index contributed by atoms with van der Waals surface area (Å²) in [5.74, 6) is 3.17. The maximum atomic E-state index is 13.2. The van der Waals surface area contributed by atoms with Crippen LogP contribution in [0.1, 0.15) is 66.9 Å². The molecule has 0 radical (unpaired) electrons. The van der Waals surface area contributed by atoms with Crippen molar-refractivity contribution in [3.63, 3.8) is 0 Å². The van der Waals surface area contributed by atoms with E-state index in [1.165, 1.54) is 23.1 Å². The van der Waals surface area contributed by atoms with Gasteiger partial charge in [-0.15, -0.1) is 0 Å². The number of carbonyl (C=O) groups excluding carboxylic acids is 1. The number of methoxy groups -OCH3 is 1. The summed E-state index contributed by atoms with van der Waals surface area (Å²) in [5.41, 5.74) is 4.26. The van der Waals surface area contributed by atoms with E-state index < -0.39 is 0 Å². The first kappa shape index (κ1) is 31.2. The van der Waals surface area contributed by atoms with E-state index >= 15 is 0 Å². The van der Waals surface area contributed by atoms with Gasteiger partial charge in [0.25, 0.3) is 5.91 Å². The van der Waals surface area contributed by atoms with Gasteiger partial charge in [-0.25, -0.2) is 0 Å². The molecule has 8 heteroatoms. The molecule has 0 spiro atoms. The molecule has 5 atom stereocenters. The van der Waals surface area contributed by atoms with Crippen molar-refractivity contribution in [1.82, 2.24) is 4.72 Å². The molecule has 1 amide bonds. The minimum atomic E-state index is -0.0607. The zero-order chi connectivity index (χ0) is 29.5. The van der Waals surface area contributed by atoms with Crippen LogP contribution in [-0.2, 0) is 15.9 Å². The fourth-order valence-corrected chi connectivity index (χ4v) is 7.35. The molecule has 5 rings (SSSR count). The van der Waals surface area contributed by atoms with E-state index in [9.17, 15) is 4.79 Å². The topological polar surface area (TPSA) is 60.0 Å². The van der Waals surface area contributed by atoms with E-state index in [4.69, 9.17) is 25.8 Å². The molecule has 228 valence electrons. The predicted molar refractivity (Wildman–Crippen MR) is 173 cm³/mol. The van der Waals surface area contributed by atoms with Crippen LogP contribution in [0, 0.1) is 17.8 Å². The third-order valence-corrected chi connectivity index (χ3v) is 10.2. The number of hydrogen-bond donors (Lipinski definition) is 1. The zero-order valence-corrected chi connectivity index (χ0v) is 26.7. The van der Waals surface area contributed by atoms with Crippen LogP contribution in [0.25, 0.3) is 0 Å². The van der Waals surface area contributed by atoms with Crippen molar-refractivity contribution in [2.24, 2.45) is 17.8 Å². The molecule has 6 nitrogen and oxygen atoms in total. The fourth-order valence-electron chi connectivity index (χ4n) is 6.40. The number of benzene rings is 2. The molecular formula is C34H45ClN2O4S. The first-order valence-corrected chi connectivity index (χ1v) is 16.8. The highest BCUT2D eigenvalue weighted by molar-refractivity contribution is 7.97. The largest absolute Gasteiger partial charge is 0.491 e. The molecule has 1 N–H and O–H groups in total. The lowest BCUT2D eigenvalue weighted by atomic mass is 9.70. The van der Waals surface area contributed by atoms with Gasteiger partial charge in [-0.2, -0.15) is 0 Å². The van der Waals surface area contributed by atoms with Gasteiger partial charge >= 0.3 is 0 Å². The van der Waals surface area contributed by atoms with Crippen molar-refractivity contribution >= 4 is 35.1 Å². The summed E-state index contributed by atoms with van der Waals surface area (Å²) in [4.78, 5) is 15.6. The highest BCUT2D eigenvalue weighted by Gasteiger charge is 2.39. The van der Waals surface area contributed by atoms with E-state index in [2.05, 4.69) is 47.8 Å². The monoisotopic (exact) mass is 612 g/mol. The van der Waals surface area contributed by atoms with Gasteiger partial charge in [-0.3, -0.25) is 9.52 Å². The Morgan fingerprint density at radius 3 is 2.81 bits per heavy atom. The maximum absolute atomic E-state index is 13.2. The number of hydrogen-bond acceptors (Lipinski definition) is 6. The van der Waals surface area contributed by atoms with Crippen LogP contribution in [0.3, 0.4) is 0 Å². The van der Waals surface area contributed by atoms with Crippen molar-refractivity contribution in [2.45, 2.75) is 58.0 Å². The van der Waals surface area contributed by atoms with Crippen LogP contribution >= 0.6 is 23.5 Å². The first-order valence-electron chi connectivity index (χ1n) is 15.5. The molecule has 1 aliphatic carbocycles. The highest BCUT2D eigenvalue weighted by atomic mass is 35.5. The average Bonchev–Trinajstić information content (AvgIpc) is 3.14. The summed E-state index contributed by atoms with van der Waals surface area (Å²) >= 11 is 7.91. The number of fused-ring (bicyclic) bond motifs is 2. The molecule has 2 aromatic rings. The Morgan fingerprint density at radius 1 is 1.14 bits per heavy atom. The van der Waals surface area contributed by atoms with Gasteiger partial charge in [0, 0.05) is 42.5 Å². The molecule has 0 saturated heterocycles. The Labute approximate surface area is 260 Å². The van der Waals surface area contributed by atoms with Gasteiger partial charge in [0.1, 0.15) is 5.75 Å². The zero-order valence-electron chi connectivity index (χ0n) is 25.2. The molecule has 2 aliphatic heterocycles. The molecule has 0 aromatic heterocycles. The van der Waals surface area contributed by atoms with Gasteiger partial charge in [-0.05, 0) is 96.8 Å². The molecular weight excluding hydrogens is 568 g/mol. The number of amides is 1.